The minimum atomic E-state index is -4.05. The van der Waals surface area contributed by atoms with Gasteiger partial charge in [-0.3, -0.25) is 0 Å². The monoisotopic (exact) mass is 500 g/mol. The van der Waals surface area contributed by atoms with Gasteiger partial charge >= 0.3 is 139 Å². The molecule has 5 heteroatoms. The van der Waals surface area contributed by atoms with Gasteiger partial charge in [0.1, 0.15) is 0 Å². The van der Waals surface area contributed by atoms with Crippen molar-refractivity contribution in [1.82, 2.24) is 0 Å². The molecule has 0 saturated heterocycles. The topological polar surface area (TPSA) is 36.9 Å². The standard InChI is InChI=1S/4C4H9O.Pb/c4*1-4(2)3-5;/h4*4H,3H2,1-2H3;/q4*-1;+4. The first-order valence-electron chi connectivity index (χ1n) is 8.22. The molecule has 0 atom stereocenters. The van der Waals surface area contributed by atoms with Crippen LogP contribution in [0.5, 0.6) is 0 Å². The van der Waals surface area contributed by atoms with Crippen molar-refractivity contribution in [1.29, 1.82) is 0 Å². The van der Waals surface area contributed by atoms with Gasteiger partial charge in [-0.15, -0.1) is 0 Å². The molecule has 0 N–H and O–H groups in total. The van der Waals surface area contributed by atoms with Gasteiger partial charge in [0, 0.05) is 0 Å². The zero-order chi connectivity index (χ0) is 16.5. The van der Waals surface area contributed by atoms with Crippen LogP contribution in [-0.2, 0) is 10.7 Å². The van der Waals surface area contributed by atoms with Gasteiger partial charge in [-0.2, -0.15) is 0 Å². The van der Waals surface area contributed by atoms with Crippen LogP contribution in [0.25, 0.3) is 0 Å². The SMILES string of the molecule is CC(C)C[O][Pb]([O]CC(C)C)([O]CC(C)C)[O]CC(C)C. The molecule has 0 fully saturated rings. The van der Waals surface area contributed by atoms with Crippen molar-refractivity contribution in [3.63, 3.8) is 0 Å². The molecule has 0 bridgehead atoms. The molecule has 0 rings (SSSR count). The molecule has 0 aromatic carbocycles. The third-order valence-corrected chi connectivity index (χ3v) is 10.5. The Labute approximate surface area is 139 Å². The molecule has 0 spiro atoms. The molecule has 0 heterocycles. The van der Waals surface area contributed by atoms with Crippen molar-refractivity contribution in [2.45, 2.75) is 55.4 Å². The Morgan fingerprint density at radius 1 is 0.476 bits per heavy atom. The summed E-state index contributed by atoms with van der Waals surface area (Å²) in [5.41, 5.74) is 0. The maximum atomic E-state index is 6.10. The Balaban J connectivity index is 4.85. The van der Waals surface area contributed by atoms with Crippen LogP contribution in [-0.4, -0.2) is 49.4 Å². The van der Waals surface area contributed by atoms with Crippen LogP contribution in [0.15, 0.2) is 0 Å². The molecule has 0 radical (unpaired) electrons. The number of rotatable bonds is 12. The van der Waals surface area contributed by atoms with E-state index in [1.165, 1.54) is 0 Å². The average molecular weight is 500 g/mol. The molecule has 0 saturated carbocycles. The molecule has 128 valence electrons. The molecule has 0 amide bonds. The van der Waals surface area contributed by atoms with Crippen molar-refractivity contribution in [3.8, 4) is 0 Å². The molecule has 0 aromatic heterocycles. The summed E-state index contributed by atoms with van der Waals surface area (Å²) in [5.74, 6) is 1.77. The summed E-state index contributed by atoms with van der Waals surface area (Å²) in [4.78, 5) is 0. The van der Waals surface area contributed by atoms with Crippen LogP contribution in [0.1, 0.15) is 55.4 Å². The van der Waals surface area contributed by atoms with Gasteiger partial charge in [-0.25, -0.2) is 0 Å². The molecule has 0 unspecified atom stereocenters. The fraction of sp³-hybridized carbons (Fsp3) is 1.00. The molecule has 0 aliphatic rings. The molecule has 0 aliphatic heterocycles. The first-order chi connectivity index (χ1) is 9.67. The van der Waals surface area contributed by atoms with Crippen LogP contribution in [0.2, 0.25) is 0 Å². The first kappa shape index (κ1) is 21.8. The summed E-state index contributed by atoms with van der Waals surface area (Å²) in [6, 6.07) is 0. The van der Waals surface area contributed by atoms with E-state index in [1.807, 2.05) is 0 Å². The Morgan fingerprint density at radius 2 is 0.667 bits per heavy atom. The average Bonchev–Trinajstić information content (AvgIpc) is 2.36. The fourth-order valence-electron chi connectivity index (χ4n) is 1.32. The van der Waals surface area contributed by atoms with Crippen molar-refractivity contribution in [3.05, 3.63) is 0 Å². The van der Waals surface area contributed by atoms with E-state index >= 15 is 0 Å². The molecule has 0 aromatic rings. The van der Waals surface area contributed by atoms with Crippen LogP contribution >= 0.6 is 0 Å². The van der Waals surface area contributed by atoms with E-state index in [0.29, 0.717) is 50.1 Å². The zero-order valence-electron chi connectivity index (χ0n) is 15.3. The molecular weight excluding hydrogens is 463 g/mol. The summed E-state index contributed by atoms with van der Waals surface area (Å²) in [6.07, 6.45) is 0. The maximum absolute atomic E-state index is 6.10. The fourth-order valence-corrected chi connectivity index (χ4v) is 11.6. The third kappa shape index (κ3) is 11.9. The van der Waals surface area contributed by atoms with E-state index in [1.54, 1.807) is 0 Å². The summed E-state index contributed by atoms with van der Waals surface area (Å²) in [5, 5.41) is 0. The Morgan fingerprint density at radius 3 is 0.810 bits per heavy atom. The second-order valence-corrected chi connectivity index (χ2v) is 15.7. The molecule has 21 heavy (non-hydrogen) atoms. The zero-order valence-corrected chi connectivity index (χ0v) is 19.2. The summed E-state index contributed by atoms with van der Waals surface area (Å²) in [6.45, 7) is 19.6. The van der Waals surface area contributed by atoms with E-state index < -0.39 is 23.0 Å². The van der Waals surface area contributed by atoms with Gasteiger partial charge in [0.2, 0.25) is 0 Å². The van der Waals surface area contributed by atoms with Gasteiger partial charge < -0.3 is 0 Å². The Hall–Kier alpha value is 0.762. The number of hydrogen-bond acceptors (Lipinski definition) is 4. The van der Waals surface area contributed by atoms with E-state index in [9.17, 15) is 0 Å². The van der Waals surface area contributed by atoms with Crippen LogP contribution < -0.4 is 0 Å². The minimum absolute atomic E-state index is 0.442. The predicted molar refractivity (Wildman–Crippen MR) is 88.9 cm³/mol. The summed E-state index contributed by atoms with van der Waals surface area (Å²) >= 11 is -4.05. The Bertz CT molecular complexity index is 201. The van der Waals surface area contributed by atoms with Crippen molar-refractivity contribution in [2.75, 3.05) is 26.4 Å². The van der Waals surface area contributed by atoms with Crippen molar-refractivity contribution in [2.24, 2.45) is 23.7 Å². The number of hydrogen-bond donors (Lipinski definition) is 0. The van der Waals surface area contributed by atoms with Gasteiger partial charge in [0.15, 0.2) is 0 Å². The predicted octanol–water partition coefficient (Wildman–Crippen LogP) is 4.11. The quantitative estimate of drug-likeness (QED) is 0.379. The second kappa shape index (κ2) is 11.3. The van der Waals surface area contributed by atoms with Crippen LogP contribution in [0.4, 0.5) is 0 Å². The van der Waals surface area contributed by atoms with Crippen LogP contribution in [0, 0.1) is 23.7 Å². The van der Waals surface area contributed by atoms with E-state index in [0.717, 1.165) is 0 Å². The van der Waals surface area contributed by atoms with Gasteiger partial charge in [0.25, 0.3) is 0 Å². The first-order valence-corrected chi connectivity index (χ1v) is 14.6. The molecule has 0 aliphatic carbocycles. The normalized spacial score (nSPS) is 13.1. The third-order valence-electron chi connectivity index (χ3n) is 2.37. The summed E-state index contributed by atoms with van der Waals surface area (Å²) in [7, 11) is 0. The summed E-state index contributed by atoms with van der Waals surface area (Å²) < 4.78 is 24.4. The van der Waals surface area contributed by atoms with Gasteiger partial charge in [-0.1, -0.05) is 0 Å². The molecular formula is C16H36O4Pb. The Kier molecular flexibility index (Phi) is 11.7. The van der Waals surface area contributed by atoms with E-state index in [4.69, 9.17) is 10.7 Å². The van der Waals surface area contributed by atoms with Gasteiger partial charge in [0.05, 0.1) is 0 Å². The van der Waals surface area contributed by atoms with Crippen molar-refractivity contribution < 1.29 is 10.7 Å². The second-order valence-electron chi connectivity index (χ2n) is 7.32. The van der Waals surface area contributed by atoms with Crippen LogP contribution in [0.3, 0.4) is 0 Å². The van der Waals surface area contributed by atoms with E-state index in [-0.39, 0.29) is 0 Å². The van der Waals surface area contributed by atoms with Crippen molar-refractivity contribution >= 4 is 23.0 Å². The molecule has 4 nitrogen and oxygen atoms in total. The van der Waals surface area contributed by atoms with Gasteiger partial charge in [-0.05, 0) is 0 Å². The van der Waals surface area contributed by atoms with E-state index in [2.05, 4.69) is 55.4 Å².